The molecule has 0 amide bonds. The van der Waals surface area contributed by atoms with Crippen molar-refractivity contribution in [3.63, 3.8) is 0 Å². The summed E-state index contributed by atoms with van der Waals surface area (Å²) in [6.45, 7) is 0.355. The molecule has 7 nitrogen and oxygen atoms in total. The highest BCUT2D eigenvalue weighted by Crippen LogP contribution is 2.12. The maximum absolute atomic E-state index is 11.6. The maximum Gasteiger partial charge on any atom is 0.296 e. The fraction of sp³-hybridized carbons (Fsp3) is 0.0833. The first-order chi connectivity index (χ1) is 9.22. The minimum absolute atomic E-state index is 0. The van der Waals surface area contributed by atoms with Gasteiger partial charge in [-0.25, -0.2) is 0 Å². The van der Waals surface area contributed by atoms with Crippen LogP contribution in [0.15, 0.2) is 35.1 Å². The SMILES string of the molecule is Cl.Nc1nc2nc(OCc3ccccc3)[nH]c2c(=O)[nH]1. The molecule has 8 heteroatoms. The summed E-state index contributed by atoms with van der Waals surface area (Å²) in [5.41, 5.74) is 6.56. The van der Waals surface area contributed by atoms with Gasteiger partial charge in [-0.2, -0.15) is 9.97 Å². The topological polar surface area (TPSA) is 110 Å². The average Bonchev–Trinajstić information content (AvgIpc) is 2.81. The number of hydrogen-bond acceptors (Lipinski definition) is 5. The molecule has 0 aliphatic rings. The summed E-state index contributed by atoms with van der Waals surface area (Å²) in [5, 5.41) is 0. The Hall–Kier alpha value is -2.54. The minimum Gasteiger partial charge on any atom is -0.460 e. The lowest BCUT2D eigenvalue weighted by atomic mass is 10.2. The van der Waals surface area contributed by atoms with Crippen molar-refractivity contribution in [2.45, 2.75) is 6.61 Å². The zero-order valence-electron chi connectivity index (χ0n) is 10.3. The Bertz CT molecular complexity index is 768. The van der Waals surface area contributed by atoms with Crippen molar-refractivity contribution < 1.29 is 4.74 Å². The fourth-order valence-electron chi connectivity index (χ4n) is 1.70. The smallest absolute Gasteiger partial charge is 0.296 e. The fourth-order valence-corrected chi connectivity index (χ4v) is 1.70. The number of H-pyrrole nitrogens is 2. The highest BCUT2D eigenvalue weighted by molar-refractivity contribution is 5.85. The zero-order chi connectivity index (χ0) is 13.2. The molecule has 0 aliphatic carbocycles. The third-order valence-corrected chi connectivity index (χ3v) is 2.58. The molecule has 0 saturated heterocycles. The number of aromatic nitrogens is 4. The second-order valence-corrected chi connectivity index (χ2v) is 3.97. The van der Waals surface area contributed by atoms with Gasteiger partial charge in [-0.3, -0.25) is 9.78 Å². The second-order valence-electron chi connectivity index (χ2n) is 3.97. The maximum atomic E-state index is 11.6. The van der Waals surface area contributed by atoms with Gasteiger partial charge in [0.1, 0.15) is 6.61 Å². The van der Waals surface area contributed by atoms with Gasteiger partial charge in [-0.1, -0.05) is 30.3 Å². The number of aromatic amines is 2. The van der Waals surface area contributed by atoms with Gasteiger partial charge in [0.15, 0.2) is 11.2 Å². The molecule has 0 radical (unpaired) electrons. The molecule has 0 bridgehead atoms. The second kappa shape index (κ2) is 5.62. The Morgan fingerprint density at radius 2 is 1.90 bits per heavy atom. The number of fused-ring (bicyclic) bond motifs is 1. The quantitative estimate of drug-likeness (QED) is 0.673. The number of imidazole rings is 1. The van der Waals surface area contributed by atoms with Gasteiger partial charge in [0.25, 0.3) is 11.6 Å². The number of rotatable bonds is 3. The molecular weight excluding hydrogens is 282 g/mol. The molecule has 2 aromatic heterocycles. The number of ether oxygens (including phenoxy) is 1. The van der Waals surface area contributed by atoms with Crippen LogP contribution in [0, 0.1) is 0 Å². The molecule has 104 valence electrons. The van der Waals surface area contributed by atoms with Crippen molar-refractivity contribution in [2.24, 2.45) is 0 Å². The molecule has 0 saturated carbocycles. The molecule has 0 unspecified atom stereocenters. The first-order valence-electron chi connectivity index (χ1n) is 5.64. The third-order valence-electron chi connectivity index (χ3n) is 2.58. The summed E-state index contributed by atoms with van der Waals surface area (Å²) in [7, 11) is 0. The van der Waals surface area contributed by atoms with E-state index in [9.17, 15) is 4.79 Å². The number of halogens is 1. The number of nitrogens with two attached hydrogens (primary N) is 1. The summed E-state index contributed by atoms with van der Waals surface area (Å²) in [4.78, 5) is 24.7. The van der Waals surface area contributed by atoms with Crippen molar-refractivity contribution in [1.82, 2.24) is 19.9 Å². The van der Waals surface area contributed by atoms with E-state index in [2.05, 4.69) is 19.9 Å². The Kier molecular flexibility index (Phi) is 3.90. The van der Waals surface area contributed by atoms with Crippen LogP contribution in [0.1, 0.15) is 5.56 Å². The van der Waals surface area contributed by atoms with Gasteiger partial charge in [-0.15, -0.1) is 12.4 Å². The third kappa shape index (κ3) is 2.72. The largest absolute Gasteiger partial charge is 0.460 e. The molecule has 0 atom stereocenters. The monoisotopic (exact) mass is 293 g/mol. The van der Waals surface area contributed by atoms with E-state index in [4.69, 9.17) is 10.5 Å². The van der Waals surface area contributed by atoms with E-state index in [-0.39, 0.29) is 41.1 Å². The van der Waals surface area contributed by atoms with Crippen molar-refractivity contribution in [2.75, 3.05) is 5.73 Å². The van der Waals surface area contributed by atoms with Crippen LogP contribution in [0.25, 0.3) is 11.2 Å². The highest BCUT2D eigenvalue weighted by atomic mass is 35.5. The molecule has 1 aromatic carbocycles. The Balaban J connectivity index is 0.00000147. The molecule has 0 spiro atoms. The van der Waals surface area contributed by atoms with Crippen LogP contribution in [0.3, 0.4) is 0 Å². The molecular formula is C12H12ClN5O2. The summed E-state index contributed by atoms with van der Waals surface area (Å²) < 4.78 is 5.47. The van der Waals surface area contributed by atoms with Crippen molar-refractivity contribution in [3.05, 3.63) is 46.2 Å². The summed E-state index contributed by atoms with van der Waals surface area (Å²) in [6.07, 6.45) is 0. The van der Waals surface area contributed by atoms with E-state index in [1.165, 1.54) is 0 Å². The Labute approximate surface area is 119 Å². The number of benzene rings is 1. The van der Waals surface area contributed by atoms with Gasteiger partial charge >= 0.3 is 0 Å². The van der Waals surface area contributed by atoms with Crippen LogP contribution in [-0.4, -0.2) is 19.9 Å². The summed E-state index contributed by atoms with van der Waals surface area (Å²) in [5.74, 6) is 0.0265. The summed E-state index contributed by atoms with van der Waals surface area (Å²) >= 11 is 0. The van der Waals surface area contributed by atoms with Gasteiger partial charge in [-0.05, 0) is 5.56 Å². The van der Waals surface area contributed by atoms with Crippen molar-refractivity contribution >= 4 is 29.5 Å². The molecule has 3 aromatic rings. The van der Waals surface area contributed by atoms with E-state index in [0.717, 1.165) is 5.56 Å². The van der Waals surface area contributed by atoms with E-state index < -0.39 is 0 Å². The molecule has 0 aliphatic heterocycles. The van der Waals surface area contributed by atoms with Crippen LogP contribution in [0.4, 0.5) is 5.95 Å². The van der Waals surface area contributed by atoms with E-state index >= 15 is 0 Å². The van der Waals surface area contributed by atoms with Gasteiger partial charge in [0.05, 0.1) is 0 Å². The number of anilines is 1. The average molecular weight is 294 g/mol. The first-order valence-corrected chi connectivity index (χ1v) is 5.64. The van der Waals surface area contributed by atoms with Crippen LogP contribution >= 0.6 is 12.4 Å². The van der Waals surface area contributed by atoms with Crippen LogP contribution < -0.4 is 16.0 Å². The number of nitrogens with one attached hydrogen (secondary N) is 2. The van der Waals surface area contributed by atoms with E-state index in [1.807, 2.05) is 30.3 Å². The first kappa shape index (κ1) is 13.9. The predicted octanol–water partition coefficient (Wildman–Crippen LogP) is 1.23. The van der Waals surface area contributed by atoms with Crippen molar-refractivity contribution in [3.8, 4) is 6.01 Å². The number of nitrogens with zero attached hydrogens (tertiary/aromatic N) is 2. The van der Waals surface area contributed by atoms with Gasteiger partial charge < -0.3 is 15.5 Å². The normalized spacial score (nSPS) is 10.2. The number of nitrogen functional groups attached to an aromatic ring is 1. The van der Waals surface area contributed by atoms with Crippen LogP contribution in [0.5, 0.6) is 6.01 Å². The molecule has 0 fully saturated rings. The zero-order valence-corrected chi connectivity index (χ0v) is 11.1. The van der Waals surface area contributed by atoms with E-state index in [1.54, 1.807) is 0 Å². The summed E-state index contributed by atoms with van der Waals surface area (Å²) in [6, 6.07) is 9.88. The standard InChI is InChI=1S/C12H11N5O2.ClH/c13-11-15-9-8(10(18)17-11)14-12(16-9)19-6-7-4-2-1-3-5-7;/h1-5H,6H2,(H4,13,14,15,16,17,18);1H. The van der Waals surface area contributed by atoms with Crippen LogP contribution in [0.2, 0.25) is 0 Å². The lowest BCUT2D eigenvalue weighted by Gasteiger charge is -2.01. The lowest BCUT2D eigenvalue weighted by Crippen LogP contribution is -2.10. The van der Waals surface area contributed by atoms with Gasteiger partial charge in [0.2, 0.25) is 5.95 Å². The highest BCUT2D eigenvalue weighted by Gasteiger charge is 2.09. The van der Waals surface area contributed by atoms with Crippen molar-refractivity contribution in [1.29, 1.82) is 0 Å². The predicted molar refractivity (Wildman–Crippen MR) is 76.9 cm³/mol. The Morgan fingerprint density at radius 1 is 1.15 bits per heavy atom. The Morgan fingerprint density at radius 3 is 2.65 bits per heavy atom. The molecule has 2 heterocycles. The van der Waals surface area contributed by atoms with Gasteiger partial charge in [0, 0.05) is 0 Å². The molecule has 20 heavy (non-hydrogen) atoms. The van der Waals surface area contributed by atoms with E-state index in [0.29, 0.717) is 6.61 Å². The molecule has 3 rings (SSSR count). The minimum atomic E-state index is -0.371. The van der Waals surface area contributed by atoms with Crippen LogP contribution in [-0.2, 0) is 6.61 Å². The number of hydrogen-bond donors (Lipinski definition) is 3. The lowest BCUT2D eigenvalue weighted by molar-refractivity contribution is 0.284. The molecule has 4 N–H and O–H groups in total.